The maximum atomic E-state index is 11.2. The molecule has 0 saturated carbocycles. The molecule has 20 heavy (non-hydrogen) atoms. The van der Waals surface area contributed by atoms with Crippen LogP contribution in [0.3, 0.4) is 0 Å². The summed E-state index contributed by atoms with van der Waals surface area (Å²) in [5, 5.41) is 9.38. The number of primary sulfonamides is 1. The number of rotatable bonds is 3. The molecule has 0 radical (unpaired) electrons. The Morgan fingerprint density at radius 2 is 2.00 bits per heavy atom. The van der Waals surface area contributed by atoms with E-state index < -0.39 is 10.0 Å². The number of nitrogens with one attached hydrogen (secondary N) is 1. The monoisotopic (exact) mass is 313 g/mol. The van der Waals surface area contributed by atoms with Crippen LogP contribution in [0.15, 0.2) is 34.2 Å². The molecule has 2 unspecified atom stereocenters. The van der Waals surface area contributed by atoms with Gasteiger partial charge in [0.15, 0.2) is 5.17 Å². The number of benzene rings is 1. The molecule has 1 saturated heterocycles. The van der Waals surface area contributed by atoms with Crippen molar-refractivity contribution in [1.29, 1.82) is 0 Å². The zero-order valence-electron chi connectivity index (χ0n) is 11.5. The Labute approximate surface area is 124 Å². The average molecular weight is 313 g/mol. The second-order valence-electron chi connectivity index (χ2n) is 5.03. The summed E-state index contributed by atoms with van der Waals surface area (Å²) < 4.78 is 22.3. The van der Waals surface area contributed by atoms with Crippen LogP contribution in [0, 0.1) is 5.92 Å². The SMILES string of the molecule is CC1CSC(=NCc2ccc(S(N)(=O)=O)cc2)NC1C. The van der Waals surface area contributed by atoms with Crippen molar-refractivity contribution in [3.05, 3.63) is 29.8 Å². The fourth-order valence-electron chi connectivity index (χ4n) is 1.77. The Morgan fingerprint density at radius 3 is 2.55 bits per heavy atom. The molecule has 2 atom stereocenters. The van der Waals surface area contributed by atoms with E-state index in [1.54, 1.807) is 23.9 Å². The first-order chi connectivity index (χ1) is 9.36. The predicted molar refractivity (Wildman–Crippen MR) is 83.2 cm³/mol. The highest BCUT2D eigenvalue weighted by molar-refractivity contribution is 8.13. The van der Waals surface area contributed by atoms with Crippen LogP contribution >= 0.6 is 11.8 Å². The maximum Gasteiger partial charge on any atom is 0.238 e. The molecule has 0 amide bonds. The standard InChI is InChI=1S/C13H19N3O2S2/c1-9-8-19-13(16-10(9)2)15-7-11-3-5-12(6-4-11)20(14,17)18/h3-6,9-10H,7-8H2,1-2H3,(H,15,16)(H2,14,17,18). The summed E-state index contributed by atoms with van der Waals surface area (Å²) in [6.07, 6.45) is 0. The van der Waals surface area contributed by atoms with Gasteiger partial charge in [0.2, 0.25) is 10.0 Å². The van der Waals surface area contributed by atoms with Crippen molar-refractivity contribution in [2.45, 2.75) is 31.3 Å². The fraction of sp³-hybridized carbons (Fsp3) is 0.462. The third-order valence-corrected chi connectivity index (χ3v) is 5.49. The number of amidine groups is 1. The lowest BCUT2D eigenvalue weighted by Gasteiger charge is -2.28. The molecule has 110 valence electrons. The molecule has 0 aromatic heterocycles. The van der Waals surface area contributed by atoms with Crippen molar-refractivity contribution in [1.82, 2.24) is 5.32 Å². The smallest absolute Gasteiger partial charge is 0.238 e. The van der Waals surface area contributed by atoms with Crippen molar-refractivity contribution in [2.75, 3.05) is 5.75 Å². The summed E-state index contributed by atoms with van der Waals surface area (Å²) in [6, 6.07) is 6.93. The number of aliphatic imine (C=N–C) groups is 1. The van der Waals surface area contributed by atoms with Crippen LogP contribution in [-0.2, 0) is 16.6 Å². The molecule has 1 aromatic carbocycles. The Hall–Kier alpha value is -1.05. The van der Waals surface area contributed by atoms with Gasteiger partial charge in [-0.25, -0.2) is 13.6 Å². The number of hydrogen-bond acceptors (Lipinski definition) is 4. The number of nitrogens with zero attached hydrogens (tertiary/aromatic N) is 1. The van der Waals surface area contributed by atoms with Crippen molar-refractivity contribution in [3.63, 3.8) is 0 Å². The quantitative estimate of drug-likeness (QED) is 0.886. The third kappa shape index (κ3) is 3.97. The van der Waals surface area contributed by atoms with Crippen LogP contribution in [-0.4, -0.2) is 25.4 Å². The summed E-state index contributed by atoms with van der Waals surface area (Å²) in [5.41, 5.74) is 0.957. The van der Waals surface area contributed by atoms with Crippen LogP contribution in [0.5, 0.6) is 0 Å². The molecule has 7 heteroatoms. The average Bonchev–Trinajstić information content (AvgIpc) is 2.40. The first-order valence-electron chi connectivity index (χ1n) is 6.42. The minimum absolute atomic E-state index is 0.126. The molecule has 2 rings (SSSR count). The van der Waals surface area contributed by atoms with Crippen LogP contribution in [0.4, 0.5) is 0 Å². The van der Waals surface area contributed by atoms with Crippen molar-refractivity contribution < 1.29 is 8.42 Å². The van der Waals surface area contributed by atoms with Crippen LogP contribution in [0.1, 0.15) is 19.4 Å². The van der Waals surface area contributed by atoms with Gasteiger partial charge >= 0.3 is 0 Å². The maximum absolute atomic E-state index is 11.2. The van der Waals surface area contributed by atoms with Crippen molar-refractivity contribution in [3.8, 4) is 0 Å². The molecule has 0 aliphatic carbocycles. The lowest BCUT2D eigenvalue weighted by atomic mass is 10.1. The van der Waals surface area contributed by atoms with Gasteiger partial charge in [0.1, 0.15) is 0 Å². The van der Waals surface area contributed by atoms with Crippen molar-refractivity contribution in [2.24, 2.45) is 16.0 Å². The number of thioether (sulfide) groups is 1. The zero-order valence-corrected chi connectivity index (χ0v) is 13.2. The summed E-state index contributed by atoms with van der Waals surface area (Å²) >= 11 is 1.72. The normalized spacial score (nSPS) is 25.4. The van der Waals surface area contributed by atoms with E-state index in [-0.39, 0.29) is 4.90 Å². The second kappa shape index (κ2) is 6.15. The molecule has 0 spiro atoms. The largest absolute Gasteiger partial charge is 0.362 e. The van der Waals surface area contributed by atoms with Crippen LogP contribution in [0.25, 0.3) is 0 Å². The molecule has 1 aliphatic heterocycles. The molecule has 5 nitrogen and oxygen atoms in total. The minimum Gasteiger partial charge on any atom is -0.362 e. The fourth-order valence-corrected chi connectivity index (χ4v) is 3.42. The minimum atomic E-state index is -3.62. The summed E-state index contributed by atoms with van der Waals surface area (Å²) in [6.45, 7) is 4.90. The molecule has 0 bridgehead atoms. The predicted octanol–water partition coefficient (Wildman–Crippen LogP) is 1.55. The van der Waals surface area contributed by atoms with Crippen LogP contribution in [0.2, 0.25) is 0 Å². The first kappa shape index (κ1) is 15.3. The van der Waals surface area contributed by atoms with Gasteiger partial charge in [-0.1, -0.05) is 30.8 Å². The molecular weight excluding hydrogens is 294 g/mol. The van der Waals surface area contributed by atoms with Gasteiger partial charge in [0.25, 0.3) is 0 Å². The van der Waals surface area contributed by atoms with E-state index >= 15 is 0 Å². The molecule has 1 heterocycles. The third-order valence-electron chi connectivity index (χ3n) is 3.34. The number of hydrogen-bond donors (Lipinski definition) is 2. The molecule has 1 aliphatic rings. The van der Waals surface area contributed by atoms with E-state index in [9.17, 15) is 8.42 Å². The number of nitrogens with two attached hydrogens (primary N) is 1. The number of sulfonamides is 1. The lowest BCUT2D eigenvalue weighted by molar-refractivity contribution is 0.490. The van der Waals surface area contributed by atoms with Gasteiger partial charge in [-0.05, 0) is 30.5 Å². The van der Waals surface area contributed by atoms with E-state index in [1.807, 2.05) is 0 Å². The van der Waals surface area contributed by atoms with Crippen molar-refractivity contribution >= 4 is 27.0 Å². The summed E-state index contributed by atoms with van der Waals surface area (Å²) in [5.74, 6) is 1.70. The summed E-state index contributed by atoms with van der Waals surface area (Å²) in [4.78, 5) is 4.64. The molecular formula is C13H19N3O2S2. The van der Waals surface area contributed by atoms with Gasteiger partial charge in [0, 0.05) is 11.8 Å². The first-order valence-corrected chi connectivity index (χ1v) is 8.95. The second-order valence-corrected chi connectivity index (χ2v) is 7.60. The Balaban J connectivity index is 2.01. The van der Waals surface area contributed by atoms with Gasteiger partial charge in [-0.3, -0.25) is 4.99 Å². The molecule has 1 aromatic rings. The van der Waals surface area contributed by atoms with Gasteiger partial charge in [-0.15, -0.1) is 0 Å². The zero-order chi connectivity index (χ0) is 14.8. The highest BCUT2D eigenvalue weighted by Gasteiger charge is 2.20. The lowest BCUT2D eigenvalue weighted by Crippen LogP contribution is -2.41. The van der Waals surface area contributed by atoms with E-state index in [0.29, 0.717) is 18.5 Å². The Bertz CT molecular complexity index is 597. The summed E-state index contributed by atoms with van der Waals surface area (Å²) in [7, 11) is -3.62. The topological polar surface area (TPSA) is 84.5 Å². The van der Waals surface area contributed by atoms with Crippen LogP contribution < -0.4 is 10.5 Å². The van der Waals surface area contributed by atoms with Gasteiger partial charge in [0.05, 0.1) is 11.4 Å². The molecule has 1 fully saturated rings. The van der Waals surface area contributed by atoms with E-state index in [0.717, 1.165) is 16.5 Å². The van der Waals surface area contributed by atoms with E-state index in [4.69, 9.17) is 5.14 Å². The van der Waals surface area contributed by atoms with E-state index in [1.165, 1.54) is 12.1 Å². The molecule has 3 N–H and O–H groups in total. The Kier molecular flexibility index (Phi) is 4.72. The highest BCUT2D eigenvalue weighted by Crippen LogP contribution is 2.20. The highest BCUT2D eigenvalue weighted by atomic mass is 32.2. The Morgan fingerprint density at radius 1 is 1.35 bits per heavy atom. The van der Waals surface area contributed by atoms with Gasteiger partial charge in [-0.2, -0.15) is 0 Å². The van der Waals surface area contributed by atoms with E-state index in [2.05, 4.69) is 24.2 Å². The van der Waals surface area contributed by atoms with Gasteiger partial charge < -0.3 is 5.32 Å².